The lowest BCUT2D eigenvalue weighted by molar-refractivity contribution is 0.0566. The fraction of sp³-hybridized carbons (Fsp3) is 0.350. The largest absolute Gasteiger partial charge is 0.476 e. The van der Waals surface area contributed by atoms with Crippen molar-refractivity contribution in [2.24, 2.45) is 0 Å². The van der Waals surface area contributed by atoms with Gasteiger partial charge in [0.15, 0.2) is 5.69 Å². The van der Waals surface area contributed by atoms with Gasteiger partial charge in [-0.05, 0) is 56.5 Å². The number of fused-ring (bicyclic) bond motifs is 1. The average Bonchev–Trinajstić information content (AvgIpc) is 2.61. The van der Waals surface area contributed by atoms with Gasteiger partial charge in [-0.2, -0.15) is 0 Å². The van der Waals surface area contributed by atoms with E-state index in [1.54, 1.807) is 39.0 Å². The van der Waals surface area contributed by atoms with E-state index in [1.807, 2.05) is 0 Å². The minimum Gasteiger partial charge on any atom is -0.476 e. The van der Waals surface area contributed by atoms with E-state index in [9.17, 15) is 19.1 Å². The summed E-state index contributed by atoms with van der Waals surface area (Å²) >= 11 is 0. The Hall–Kier alpha value is -3.16. The van der Waals surface area contributed by atoms with Crippen molar-refractivity contribution >= 4 is 17.7 Å². The molecule has 0 spiro atoms. The van der Waals surface area contributed by atoms with Crippen molar-refractivity contribution in [2.75, 3.05) is 18.1 Å². The van der Waals surface area contributed by atoms with Crippen LogP contribution in [0.25, 0.3) is 0 Å². The topological polar surface area (TPSA) is 89.0 Å². The lowest BCUT2D eigenvalue weighted by atomic mass is 10.0. The number of aromatic nitrogens is 1. The average molecular weight is 388 g/mol. The number of hydrogen-bond acceptors (Lipinski definition) is 5. The molecule has 2 aromatic rings. The fourth-order valence-corrected chi connectivity index (χ4v) is 2.83. The van der Waals surface area contributed by atoms with Crippen LogP contribution in [0.2, 0.25) is 0 Å². The molecule has 2 heterocycles. The van der Waals surface area contributed by atoms with Crippen LogP contribution in [-0.2, 0) is 11.2 Å². The highest BCUT2D eigenvalue weighted by Gasteiger charge is 2.31. The van der Waals surface area contributed by atoms with Gasteiger partial charge < -0.3 is 14.6 Å². The van der Waals surface area contributed by atoms with E-state index in [0.29, 0.717) is 16.8 Å². The highest BCUT2D eigenvalue weighted by Crippen LogP contribution is 2.33. The molecule has 28 heavy (non-hydrogen) atoms. The van der Waals surface area contributed by atoms with Crippen molar-refractivity contribution in [3.8, 4) is 5.88 Å². The number of pyridine rings is 1. The molecule has 8 heteroatoms. The number of carboxylic acids is 1. The molecule has 0 fully saturated rings. The van der Waals surface area contributed by atoms with E-state index in [1.165, 1.54) is 17.0 Å². The van der Waals surface area contributed by atoms with E-state index in [0.717, 1.165) is 0 Å². The minimum absolute atomic E-state index is 0.0670. The molecule has 3 rings (SSSR count). The number of nitrogens with zero attached hydrogens (tertiary/aromatic N) is 2. The molecule has 0 aliphatic carbocycles. The second-order valence-corrected chi connectivity index (χ2v) is 7.41. The van der Waals surface area contributed by atoms with E-state index < -0.39 is 17.7 Å². The van der Waals surface area contributed by atoms with Gasteiger partial charge in [-0.3, -0.25) is 4.90 Å². The van der Waals surface area contributed by atoms with Crippen LogP contribution in [0.5, 0.6) is 5.88 Å². The monoisotopic (exact) mass is 388 g/mol. The maximum atomic E-state index is 13.2. The molecule has 1 aromatic carbocycles. The highest BCUT2D eigenvalue weighted by molar-refractivity contribution is 5.93. The summed E-state index contributed by atoms with van der Waals surface area (Å²) in [5.41, 5.74) is 0.598. The third-order valence-corrected chi connectivity index (χ3v) is 4.02. The molecular weight excluding hydrogens is 367 g/mol. The zero-order valence-corrected chi connectivity index (χ0v) is 15.9. The summed E-state index contributed by atoms with van der Waals surface area (Å²) in [6.45, 7) is 5.72. The molecule has 0 unspecified atom stereocenters. The maximum Gasteiger partial charge on any atom is 0.415 e. The predicted octanol–water partition coefficient (Wildman–Crippen LogP) is 3.64. The predicted molar refractivity (Wildman–Crippen MR) is 99.5 cm³/mol. The van der Waals surface area contributed by atoms with Crippen molar-refractivity contribution in [2.45, 2.75) is 32.8 Å². The number of halogens is 1. The van der Waals surface area contributed by atoms with Crippen molar-refractivity contribution in [1.82, 2.24) is 4.98 Å². The molecule has 0 atom stereocenters. The summed E-state index contributed by atoms with van der Waals surface area (Å²) in [4.78, 5) is 29.7. The van der Waals surface area contributed by atoms with Gasteiger partial charge in [0.2, 0.25) is 5.88 Å². The van der Waals surface area contributed by atoms with Gasteiger partial charge in [-0.25, -0.2) is 19.0 Å². The number of anilines is 1. The summed E-state index contributed by atoms with van der Waals surface area (Å²) in [6, 6.07) is 7.32. The summed E-state index contributed by atoms with van der Waals surface area (Å²) < 4.78 is 24.1. The van der Waals surface area contributed by atoms with Crippen LogP contribution in [0.3, 0.4) is 0 Å². The number of hydrogen-bond donors (Lipinski definition) is 1. The molecule has 0 bridgehead atoms. The third kappa shape index (κ3) is 4.39. The van der Waals surface area contributed by atoms with Crippen molar-refractivity contribution in [3.05, 3.63) is 53.0 Å². The van der Waals surface area contributed by atoms with Crippen molar-refractivity contribution in [1.29, 1.82) is 0 Å². The molecule has 7 nitrogen and oxygen atoms in total. The van der Waals surface area contributed by atoms with Gasteiger partial charge in [0.1, 0.15) is 23.7 Å². The van der Waals surface area contributed by atoms with Crippen LogP contribution in [0.4, 0.5) is 14.9 Å². The number of benzene rings is 1. The molecule has 1 aliphatic heterocycles. The molecule has 1 aliphatic rings. The number of aromatic carboxylic acids is 1. The lowest BCUT2D eigenvalue weighted by Crippen LogP contribution is -2.42. The Morgan fingerprint density at radius 3 is 2.57 bits per heavy atom. The van der Waals surface area contributed by atoms with Gasteiger partial charge in [0, 0.05) is 0 Å². The third-order valence-electron chi connectivity index (χ3n) is 4.02. The molecular formula is C20H21FN2O5. The van der Waals surface area contributed by atoms with Crippen molar-refractivity contribution in [3.63, 3.8) is 0 Å². The molecule has 1 amide bonds. The van der Waals surface area contributed by atoms with Gasteiger partial charge >= 0.3 is 12.1 Å². The Kier molecular flexibility index (Phi) is 5.22. The Bertz CT molecular complexity index is 906. The number of ether oxygens (including phenoxy) is 2. The molecule has 1 aromatic heterocycles. The summed E-state index contributed by atoms with van der Waals surface area (Å²) in [7, 11) is 0. The summed E-state index contributed by atoms with van der Waals surface area (Å²) in [5.74, 6) is -1.52. The second kappa shape index (κ2) is 7.46. The van der Waals surface area contributed by atoms with E-state index in [-0.39, 0.29) is 37.0 Å². The van der Waals surface area contributed by atoms with E-state index in [2.05, 4.69) is 4.98 Å². The van der Waals surface area contributed by atoms with Crippen LogP contribution >= 0.6 is 0 Å². The number of amides is 1. The van der Waals surface area contributed by atoms with E-state index >= 15 is 0 Å². The zero-order chi connectivity index (χ0) is 20.5. The Morgan fingerprint density at radius 2 is 1.96 bits per heavy atom. The van der Waals surface area contributed by atoms with Crippen molar-refractivity contribution < 1.29 is 28.6 Å². The molecule has 148 valence electrons. The lowest BCUT2D eigenvalue weighted by Gasteiger charge is -2.31. The van der Waals surface area contributed by atoms with Crippen LogP contribution in [0.15, 0.2) is 30.3 Å². The van der Waals surface area contributed by atoms with Crippen LogP contribution in [-0.4, -0.2) is 40.9 Å². The van der Waals surface area contributed by atoms with Crippen LogP contribution < -0.4 is 9.64 Å². The number of carboxylic acid groups (broad SMARTS) is 1. The Morgan fingerprint density at radius 1 is 1.29 bits per heavy atom. The molecule has 0 saturated heterocycles. The van der Waals surface area contributed by atoms with Gasteiger partial charge in [0.25, 0.3) is 0 Å². The number of carbonyl (C=O) groups is 2. The molecule has 0 saturated carbocycles. The normalized spacial score (nSPS) is 13.5. The quantitative estimate of drug-likeness (QED) is 0.864. The fourth-order valence-electron chi connectivity index (χ4n) is 2.83. The minimum atomic E-state index is -1.21. The smallest absolute Gasteiger partial charge is 0.415 e. The van der Waals surface area contributed by atoms with E-state index in [4.69, 9.17) is 9.47 Å². The first kappa shape index (κ1) is 19.6. The van der Waals surface area contributed by atoms with Gasteiger partial charge in [-0.15, -0.1) is 0 Å². The Labute approximate surface area is 161 Å². The van der Waals surface area contributed by atoms with Gasteiger partial charge in [0.05, 0.1) is 6.54 Å². The zero-order valence-electron chi connectivity index (χ0n) is 15.9. The first-order valence-electron chi connectivity index (χ1n) is 8.79. The second-order valence-electron chi connectivity index (χ2n) is 7.41. The number of rotatable bonds is 3. The van der Waals surface area contributed by atoms with Crippen LogP contribution in [0, 0.1) is 5.82 Å². The summed E-state index contributed by atoms with van der Waals surface area (Å²) in [5, 5.41) is 9.53. The SMILES string of the molecule is CC(C)(C)OC(=O)N1CCOc2nc(C(=O)O)c(Cc3ccc(F)cc3)cc21. The summed E-state index contributed by atoms with van der Waals surface area (Å²) in [6.07, 6.45) is -0.348. The Balaban J connectivity index is 2.00. The maximum absolute atomic E-state index is 13.2. The standard InChI is InChI=1S/C20H21FN2O5/c1-20(2,3)28-19(26)23-8-9-27-17-15(23)11-13(16(22-17)18(24)25)10-12-4-6-14(21)7-5-12/h4-7,11H,8-10H2,1-3H3,(H,24,25). The highest BCUT2D eigenvalue weighted by atomic mass is 19.1. The first-order valence-corrected chi connectivity index (χ1v) is 8.79. The molecule has 1 N–H and O–H groups in total. The van der Waals surface area contributed by atoms with Gasteiger partial charge in [-0.1, -0.05) is 12.1 Å². The first-order chi connectivity index (χ1) is 13.1. The number of carbonyl (C=O) groups excluding carboxylic acids is 1. The molecule has 0 radical (unpaired) electrons. The van der Waals surface area contributed by atoms with Crippen LogP contribution in [0.1, 0.15) is 42.4 Å².